The van der Waals surface area contributed by atoms with Crippen LogP contribution in [0.15, 0.2) is 46.7 Å². The molecule has 1 amide bonds. The first-order valence-electron chi connectivity index (χ1n) is 9.35. The summed E-state index contributed by atoms with van der Waals surface area (Å²) in [7, 11) is -3.57. The van der Waals surface area contributed by atoms with Gasteiger partial charge in [0.05, 0.1) is 4.90 Å². The van der Waals surface area contributed by atoms with E-state index in [2.05, 4.69) is 17.0 Å². The van der Waals surface area contributed by atoms with Crippen molar-refractivity contribution in [3.05, 3.63) is 52.2 Å². The third kappa shape index (κ3) is 7.08. The lowest BCUT2D eigenvalue weighted by molar-refractivity contribution is 0.0938. The number of carbonyl (C=O) groups is 1. The first kappa shape index (κ1) is 21.6. The lowest BCUT2D eigenvalue weighted by atomic mass is 10.1. The molecule has 0 aliphatic carbocycles. The third-order valence-electron chi connectivity index (χ3n) is 4.29. The normalized spacial score (nSPS) is 12.7. The number of rotatable bonds is 11. The third-order valence-corrected chi connectivity index (χ3v) is 6.70. The average Bonchev–Trinajstić information content (AvgIpc) is 3.15. The van der Waals surface area contributed by atoms with Crippen molar-refractivity contribution in [1.82, 2.24) is 10.0 Å². The highest BCUT2D eigenvalue weighted by Crippen LogP contribution is 2.13. The Bertz CT molecular complexity index is 800. The topological polar surface area (TPSA) is 75.3 Å². The Kier molecular flexibility index (Phi) is 8.47. The van der Waals surface area contributed by atoms with Crippen molar-refractivity contribution >= 4 is 27.3 Å². The van der Waals surface area contributed by atoms with Gasteiger partial charge in [-0.15, -0.1) is 11.3 Å². The van der Waals surface area contributed by atoms with E-state index >= 15 is 0 Å². The molecule has 1 atom stereocenters. The second kappa shape index (κ2) is 10.6. The van der Waals surface area contributed by atoms with E-state index < -0.39 is 10.0 Å². The lowest BCUT2D eigenvalue weighted by Crippen LogP contribution is -2.32. The van der Waals surface area contributed by atoms with Gasteiger partial charge in [0.15, 0.2) is 0 Å². The van der Waals surface area contributed by atoms with Crippen LogP contribution in [0.1, 0.15) is 54.8 Å². The highest BCUT2D eigenvalue weighted by molar-refractivity contribution is 7.89. The molecule has 2 N–H and O–H groups in total. The molecule has 0 fully saturated rings. The Labute approximate surface area is 166 Å². The number of benzene rings is 1. The monoisotopic (exact) mass is 408 g/mol. The molecule has 1 aromatic carbocycles. The second-order valence-corrected chi connectivity index (χ2v) is 9.42. The SMILES string of the molecule is CCCCCC(C)NC(=O)c1ccc(S(=O)(=O)NCCc2cccs2)cc1. The molecule has 2 aromatic rings. The standard InChI is InChI=1S/C20H28N2O3S2/c1-3-4-5-7-16(2)22-20(23)17-9-11-19(12-10-17)27(24,25)21-14-13-18-8-6-15-26-18/h6,8-12,15-16,21H,3-5,7,13-14H2,1-2H3,(H,22,23). The van der Waals surface area contributed by atoms with Crippen molar-refractivity contribution in [2.24, 2.45) is 0 Å². The minimum atomic E-state index is -3.57. The summed E-state index contributed by atoms with van der Waals surface area (Å²) in [6.07, 6.45) is 5.00. The van der Waals surface area contributed by atoms with Crippen LogP contribution >= 0.6 is 11.3 Å². The van der Waals surface area contributed by atoms with Crippen LogP contribution in [0.4, 0.5) is 0 Å². The molecular weight excluding hydrogens is 380 g/mol. The first-order valence-corrected chi connectivity index (χ1v) is 11.7. The van der Waals surface area contributed by atoms with Crippen molar-refractivity contribution in [1.29, 1.82) is 0 Å². The smallest absolute Gasteiger partial charge is 0.251 e. The van der Waals surface area contributed by atoms with Crippen LogP contribution in [-0.2, 0) is 16.4 Å². The maximum atomic E-state index is 12.4. The summed E-state index contributed by atoms with van der Waals surface area (Å²) in [5, 5.41) is 4.93. The van der Waals surface area contributed by atoms with Crippen molar-refractivity contribution < 1.29 is 13.2 Å². The molecule has 27 heavy (non-hydrogen) atoms. The molecule has 0 saturated heterocycles. The zero-order valence-electron chi connectivity index (χ0n) is 15.9. The van der Waals surface area contributed by atoms with Crippen LogP contribution in [0, 0.1) is 0 Å². The number of amides is 1. The number of hydrogen-bond donors (Lipinski definition) is 2. The van der Waals surface area contributed by atoms with Crippen LogP contribution in [0.25, 0.3) is 0 Å². The summed E-state index contributed by atoms with van der Waals surface area (Å²) >= 11 is 1.61. The molecule has 0 bridgehead atoms. The van der Waals surface area contributed by atoms with E-state index in [0.29, 0.717) is 18.5 Å². The zero-order chi connectivity index (χ0) is 19.7. The molecule has 5 nitrogen and oxygen atoms in total. The number of sulfonamides is 1. The predicted octanol–water partition coefficient (Wildman–Crippen LogP) is 3.97. The van der Waals surface area contributed by atoms with Gasteiger partial charge in [-0.3, -0.25) is 4.79 Å². The summed E-state index contributed by atoms with van der Waals surface area (Å²) in [4.78, 5) is 13.6. The van der Waals surface area contributed by atoms with E-state index in [1.54, 1.807) is 23.5 Å². The molecule has 0 saturated carbocycles. The largest absolute Gasteiger partial charge is 0.350 e. The number of thiophene rings is 1. The van der Waals surface area contributed by atoms with Crippen molar-refractivity contribution in [2.45, 2.75) is 56.9 Å². The Morgan fingerprint density at radius 3 is 2.52 bits per heavy atom. The molecule has 148 valence electrons. The molecular formula is C20H28N2O3S2. The maximum absolute atomic E-state index is 12.4. The van der Waals surface area contributed by atoms with Crippen LogP contribution in [0.3, 0.4) is 0 Å². The minimum Gasteiger partial charge on any atom is -0.350 e. The van der Waals surface area contributed by atoms with Crippen LogP contribution in [0.2, 0.25) is 0 Å². The fraction of sp³-hybridized carbons (Fsp3) is 0.450. The quantitative estimate of drug-likeness (QED) is 0.553. The Balaban J connectivity index is 1.88. The van der Waals surface area contributed by atoms with Gasteiger partial charge in [-0.1, -0.05) is 32.3 Å². The van der Waals surface area contributed by atoms with Crippen molar-refractivity contribution in [3.8, 4) is 0 Å². The molecule has 0 spiro atoms. The van der Waals surface area contributed by atoms with Gasteiger partial charge >= 0.3 is 0 Å². The molecule has 0 aliphatic rings. The van der Waals surface area contributed by atoms with E-state index in [4.69, 9.17) is 0 Å². The van der Waals surface area contributed by atoms with Crippen LogP contribution < -0.4 is 10.0 Å². The molecule has 1 aromatic heterocycles. The summed E-state index contributed by atoms with van der Waals surface area (Å²) in [6.45, 7) is 4.49. The average molecular weight is 409 g/mol. The van der Waals surface area contributed by atoms with E-state index in [1.165, 1.54) is 12.1 Å². The van der Waals surface area contributed by atoms with Crippen LogP contribution in [0.5, 0.6) is 0 Å². The highest BCUT2D eigenvalue weighted by atomic mass is 32.2. The van der Waals surface area contributed by atoms with Gasteiger partial charge in [-0.05, 0) is 55.5 Å². The van der Waals surface area contributed by atoms with Gasteiger partial charge in [0.25, 0.3) is 5.91 Å². The van der Waals surface area contributed by atoms with Gasteiger partial charge in [0.2, 0.25) is 10.0 Å². The van der Waals surface area contributed by atoms with Gasteiger partial charge in [-0.25, -0.2) is 13.1 Å². The van der Waals surface area contributed by atoms with E-state index in [9.17, 15) is 13.2 Å². The first-order chi connectivity index (χ1) is 12.9. The lowest BCUT2D eigenvalue weighted by Gasteiger charge is -2.14. The van der Waals surface area contributed by atoms with Gasteiger partial charge in [-0.2, -0.15) is 0 Å². The summed E-state index contributed by atoms with van der Waals surface area (Å²) in [5.41, 5.74) is 0.467. The van der Waals surface area contributed by atoms with E-state index in [1.807, 2.05) is 24.4 Å². The van der Waals surface area contributed by atoms with E-state index in [-0.39, 0.29) is 16.8 Å². The minimum absolute atomic E-state index is 0.103. The summed E-state index contributed by atoms with van der Waals surface area (Å²) in [6, 6.07) is 10.1. The molecule has 1 heterocycles. The number of nitrogens with one attached hydrogen (secondary N) is 2. The number of hydrogen-bond acceptors (Lipinski definition) is 4. The molecule has 7 heteroatoms. The Morgan fingerprint density at radius 1 is 1.15 bits per heavy atom. The number of carbonyl (C=O) groups excluding carboxylic acids is 1. The molecule has 0 aliphatic heterocycles. The van der Waals surface area contributed by atoms with E-state index in [0.717, 1.165) is 30.6 Å². The molecule has 0 radical (unpaired) electrons. The zero-order valence-corrected chi connectivity index (χ0v) is 17.5. The van der Waals surface area contributed by atoms with Gasteiger partial charge in [0.1, 0.15) is 0 Å². The predicted molar refractivity (Wildman–Crippen MR) is 111 cm³/mol. The Hall–Kier alpha value is -1.70. The fourth-order valence-electron chi connectivity index (χ4n) is 2.71. The summed E-state index contributed by atoms with van der Waals surface area (Å²) in [5.74, 6) is -0.173. The van der Waals surface area contributed by atoms with Crippen molar-refractivity contribution in [3.63, 3.8) is 0 Å². The van der Waals surface area contributed by atoms with Crippen molar-refractivity contribution in [2.75, 3.05) is 6.54 Å². The Morgan fingerprint density at radius 2 is 1.89 bits per heavy atom. The highest BCUT2D eigenvalue weighted by Gasteiger charge is 2.15. The second-order valence-electron chi connectivity index (χ2n) is 6.62. The fourth-order valence-corrected chi connectivity index (χ4v) is 4.45. The van der Waals surface area contributed by atoms with Gasteiger partial charge < -0.3 is 5.32 Å². The number of unbranched alkanes of at least 4 members (excludes halogenated alkanes) is 2. The molecule has 1 unspecified atom stereocenters. The molecule has 2 rings (SSSR count). The maximum Gasteiger partial charge on any atom is 0.251 e. The van der Waals surface area contributed by atoms with Gasteiger partial charge in [0, 0.05) is 23.0 Å². The summed E-state index contributed by atoms with van der Waals surface area (Å²) < 4.78 is 27.3. The van der Waals surface area contributed by atoms with Crippen LogP contribution in [-0.4, -0.2) is 26.9 Å².